The molecule has 0 amide bonds. The lowest BCUT2D eigenvalue weighted by Gasteiger charge is -2.42. The highest BCUT2D eigenvalue weighted by atomic mass is 32.2. The van der Waals surface area contributed by atoms with Crippen molar-refractivity contribution in [3.05, 3.63) is 11.8 Å². The summed E-state index contributed by atoms with van der Waals surface area (Å²) in [6, 6.07) is 0. The van der Waals surface area contributed by atoms with E-state index >= 15 is 0 Å². The van der Waals surface area contributed by atoms with Gasteiger partial charge in [0.05, 0.1) is 11.5 Å². The van der Waals surface area contributed by atoms with E-state index in [2.05, 4.69) is 9.79 Å². The van der Waals surface area contributed by atoms with Crippen LogP contribution in [0.1, 0.15) is 13.8 Å². The predicted octanol–water partition coefficient (Wildman–Crippen LogP) is -1.85. The van der Waals surface area contributed by atoms with Gasteiger partial charge >= 0.3 is 0 Å². The molecule has 1 aliphatic heterocycles. The molecule has 16 heavy (non-hydrogen) atoms. The predicted molar refractivity (Wildman–Crippen MR) is 53.9 cm³/mol. The summed E-state index contributed by atoms with van der Waals surface area (Å²) in [7, 11) is -2.98. The van der Waals surface area contributed by atoms with E-state index in [0.717, 1.165) is 0 Å². The van der Waals surface area contributed by atoms with Crippen molar-refractivity contribution in [2.45, 2.75) is 19.4 Å². The molecule has 8 heteroatoms. The Hall–Kier alpha value is -1.31. The Kier molecular flexibility index (Phi) is 2.33. The van der Waals surface area contributed by atoms with Gasteiger partial charge in [0.1, 0.15) is 0 Å². The van der Waals surface area contributed by atoms with Crippen LogP contribution in [0.2, 0.25) is 0 Å². The van der Waals surface area contributed by atoms with Crippen molar-refractivity contribution in [2.75, 3.05) is 23.1 Å². The van der Waals surface area contributed by atoms with Crippen LogP contribution >= 0.6 is 0 Å². The Balaban J connectivity index is 2.34. The number of aromatic nitrogens is 2. The lowest BCUT2D eigenvalue weighted by Crippen LogP contribution is -2.73. The van der Waals surface area contributed by atoms with Gasteiger partial charge in [-0.1, -0.05) is 18.6 Å². The maximum absolute atomic E-state index is 11.5. The highest BCUT2D eigenvalue weighted by molar-refractivity contribution is 7.91. The van der Waals surface area contributed by atoms with E-state index < -0.39 is 15.4 Å². The van der Waals surface area contributed by atoms with Gasteiger partial charge in [0, 0.05) is 12.1 Å². The second-order valence-corrected chi connectivity index (χ2v) is 6.70. The van der Waals surface area contributed by atoms with E-state index in [1.807, 2.05) is 13.8 Å². The molecule has 2 rings (SSSR count). The van der Waals surface area contributed by atoms with Crippen molar-refractivity contribution < 1.29 is 17.7 Å². The fourth-order valence-electron chi connectivity index (χ4n) is 1.94. The fourth-order valence-corrected chi connectivity index (χ4v) is 3.77. The number of nitrogens with zero attached hydrogens (tertiary/aromatic N) is 3. The van der Waals surface area contributed by atoms with Gasteiger partial charge in [0.2, 0.25) is 0 Å². The second kappa shape index (κ2) is 3.34. The molecule has 0 radical (unpaired) electrons. The SMILES string of the molecule is CC1(C)CS(=O)(=O)CCN1[n+]1cc(=N)o[n-]1. The summed E-state index contributed by atoms with van der Waals surface area (Å²) in [4.78, 5) is 1.40. The largest absolute Gasteiger partial charge is 0.380 e. The molecule has 0 aliphatic carbocycles. The Morgan fingerprint density at radius 2 is 2.31 bits per heavy atom. The monoisotopic (exact) mass is 246 g/mol. The van der Waals surface area contributed by atoms with Crippen LogP contribution in [-0.4, -0.2) is 32.0 Å². The van der Waals surface area contributed by atoms with Crippen LogP contribution in [0, 0.1) is 5.41 Å². The number of hydrogen-bond donors (Lipinski definition) is 1. The standard InChI is InChI=1S/C8H14N4O3S/c1-8(2)6-16(13,14)4-3-11(8)12-5-7(9)15-10-12/h5,9H,3-4,6H2,1-2H3. The van der Waals surface area contributed by atoms with E-state index in [0.29, 0.717) is 6.54 Å². The topological polar surface area (TPSA) is 92.4 Å². The van der Waals surface area contributed by atoms with E-state index in [1.165, 1.54) is 11.0 Å². The van der Waals surface area contributed by atoms with E-state index in [1.54, 1.807) is 5.01 Å². The lowest BCUT2D eigenvalue weighted by atomic mass is 10.1. The molecule has 1 fully saturated rings. The fraction of sp³-hybridized carbons (Fsp3) is 0.750. The molecule has 2 heterocycles. The number of sulfone groups is 1. The summed E-state index contributed by atoms with van der Waals surface area (Å²) < 4.78 is 27.7. The average molecular weight is 246 g/mol. The normalized spacial score (nSPS) is 23.2. The summed E-state index contributed by atoms with van der Waals surface area (Å²) in [6.07, 6.45) is 1.42. The van der Waals surface area contributed by atoms with Crippen molar-refractivity contribution in [1.29, 1.82) is 5.41 Å². The zero-order valence-corrected chi connectivity index (χ0v) is 9.99. The molecule has 1 aliphatic rings. The molecule has 7 nitrogen and oxygen atoms in total. The van der Waals surface area contributed by atoms with Gasteiger partial charge in [-0.2, -0.15) is 0 Å². The van der Waals surface area contributed by atoms with Crippen molar-refractivity contribution in [3.8, 4) is 0 Å². The average Bonchev–Trinajstić information content (AvgIpc) is 2.47. The van der Waals surface area contributed by atoms with Crippen molar-refractivity contribution in [2.24, 2.45) is 0 Å². The first kappa shape index (κ1) is 11.2. The van der Waals surface area contributed by atoms with Crippen LogP contribution in [0.15, 0.2) is 10.7 Å². The molecule has 0 saturated carbocycles. The van der Waals surface area contributed by atoms with E-state index in [4.69, 9.17) is 5.41 Å². The molecule has 0 atom stereocenters. The third-order valence-electron chi connectivity index (χ3n) is 2.59. The molecule has 0 bridgehead atoms. The molecule has 0 unspecified atom stereocenters. The van der Waals surface area contributed by atoms with E-state index in [-0.39, 0.29) is 17.1 Å². The smallest absolute Gasteiger partial charge is 0.286 e. The quantitative estimate of drug-likeness (QED) is 0.587. The summed E-state index contributed by atoms with van der Waals surface area (Å²) in [6.45, 7) is 4.01. The van der Waals surface area contributed by atoms with Crippen LogP contribution in [0.25, 0.3) is 0 Å². The third-order valence-corrected chi connectivity index (χ3v) is 4.54. The summed E-state index contributed by atoms with van der Waals surface area (Å²) in [5.41, 5.74) is -0.602. The number of hydrogen-bond acceptors (Lipinski definition) is 5. The van der Waals surface area contributed by atoms with Crippen LogP contribution in [0.4, 0.5) is 0 Å². The van der Waals surface area contributed by atoms with Crippen molar-refractivity contribution >= 4 is 9.84 Å². The third kappa shape index (κ3) is 1.97. The molecule has 0 spiro atoms. The number of rotatable bonds is 1. The minimum Gasteiger partial charge on any atom is -0.380 e. The van der Waals surface area contributed by atoms with Gasteiger partial charge < -0.3 is 4.52 Å². The van der Waals surface area contributed by atoms with Crippen LogP contribution in [-0.2, 0) is 9.84 Å². The molecule has 90 valence electrons. The zero-order chi connectivity index (χ0) is 12.0. The van der Waals surface area contributed by atoms with Crippen LogP contribution in [0.5, 0.6) is 0 Å². The first-order chi connectivity index (χ1) is 7.30. The Labute approximate surface area is 93.0 Å². The maximum Gasteiger partial charge on any atom is 0.286 e. The molecule has 1 N–H and O–H groups in total. The maximum atomic E-state index is 11.5. The van der Waals surface area contributed by atoms with Crippen LogP contribution in [0.3, 0.4) is 0 Å². The minimum absolute atomic E-state index is 0.0516. The van der Waals surface area contributed by atoms with Gasteiger partial charge in [0.25, 0.3) is 11.8 Å². The Morgan fingerprint density at radius 3 is 2.81 bits per heavy atom. The van der Waals surface area contributed by atoms with Gasteiger partial charge in [-0.25, -0.2) is 8.42 Å². The lowest BCUT2D eigenvalue weighted by molar-refractivity contribution is -0.770. The molecular formula is C8H14N4O3S. The molecule has 1 saturated heterocycles. The second-order valence-electron chi connectivity index (χ2n) is 4.51. The molecular weight excluding hydrogens is 232 g/mol. The molecule has 1 aromatic rings. The Morgan fingerprint density at radius 1 is 1.62 bits per heavy atom. The van der Waals surface area contributed by atoms with Crippen LogP contribution < -0.4 is 20.6 Å². The van der Waals surface area contributed by atoms with E-state index in [9.17, 15) is 8.42 Å². The zero-order valence-electron chi connectivity index (χ0n) is 9.17. The van der Waals surface area contributed by atoms with Gasteiger partial charge in [-0.05, 0) is 5.27 Å². The Bertz CT molecular complexity index is 542. The number of nitrogens with one attached hydrogen (secondary N) is 1. The molecule has 0 aromatic carbocycles. The van der Waals surface area contributed by atoms with Gasteiger partial charge in [-0.3, -0.25) is 10.4 Å². The first-order valence-electron chi connectivity index (χ1n) is 4.89. The summed E-state index contributed by atoms with van der Waals surface area (Å²) >= 11 is 0. The molecule has 1 aromatic heterocycles. The summed E-state index contributed by atoms with van der Waals surface area (Å²) in [5, 5.41) is 12.7. The van der Waals surface area contributed by atoms with Crippen molar-refractivity contribution in [3.63, 3.8) is 0 Å². The van der Waals surface area contributed by atoms with Gasteiger partial charge in [0.15, 0.2) is 9.84 Å². The first-order valence-corrected chi connectivity index (χ1v) is 6.71. The van der Waals surface area contributed by atoms with Crippen molar-refractivity contribution in [1.82, 2.24) is 5.27 Å². The summed E-state index contributed by atoms with van der Waals surface area (Å²) in [5.74, 6) is 0.177. The van der Waals surface area contributed by atoms with Gasteiger partial charge in [-0.15, -0.1) is 0 Å². The minimum atomic E-state index is -2.98. The highest BCUT2D eigenvalue weighted by Gasteiger charge is 2.37. The highest BCUT2D eigenvalue weighted by Crippen LogP contribution is 2.17.